The molecule has 0 saturated carbocycles. The van der Waals surface area contributed by atoms with Crippen LogP contribution in [0.15, 0.2) is 22.3 Å². The Kier molecular flexibility index (Phi) is 3.86. The average Bonchev–Trinajstić information content (AvgIpc) is 2.77. The Balaban J connectivity index is 2.36. The molecule has 2 aromatic rings. The maximum atomic E-state index is 4.58. The van der Waals surface area contributed by atoms with Gasteiger partial charge in [0.2, 0.25) is 0 Å². The molecule has 0 saturated heterocycles. The summed E-state index contributed by atoms with van der Waals surface area (Å²) in [5.74, 6) is 1.75. The van der Waals surface area contributed by atoms with Crippen molar-refractivity contribution in [3.05, 3.63) is 23.8 Å². The monoisotopic (exact) mass is 263 g/mol. The highest BCUT2D eigenvalue weighted by atomic mass is 32.2. The van der Waals surface area contributed by atoms with Crippen LogP contribution >= 0.6 is 11.8 Å². The van der Waals surface area contributed by atoms with Gasteiger partial charge < -0.3 is 5.32 Å². The van der Waals surface area contributed by atoms with E-state index in [1.165, 1.54) is 0 Å². The first kappa shape index (κ1) is 12.9. The van der Waals surface area contributed by atoms with Crippen LogP contribution in [-0.2, 0) is 13.5 Å². The molecule has 1 N–H and O–H groups in total. The minimum absolute atomic E-state index is 0.829. The summed E-state index contributed by atoms with van der Waals surface area (Å²) < 4.78 is 1.79. The van der Waals surface area contributed by atoms with Crippen LogP contribution < -0.4 is 5.32 Å². The molecule has 0 radical (unpaired) electrons. The van der Waals surface area contributed by atoms with Gasteiger partial charge in [0, 0.05) is 32.3 Å². The van der Waals surface area contributed by atoms with Crippen LogP contribution in [0.1, 0.15) is 18.3 Å². The Bertz CT molecular complexity index is 549. The van der Waals surface area contributed by atoms with Crippen molar-refractivity contribution in [2.24, 2.45) is 7.05 Å². The summed E-state index contributed by atoms with van der Waals surface area (Å²) in [5.41, 5.74) is 1.07. The molecule has 2 heterocycles. The van der Waals surface area contributed by atoms with Gasteiger partial charge in [-0.25, -0.2) is 9.97 Å². The van der Waals surface area contributed by atoms with Crippen molar-refractivity contribution < 1.29 is 0 Å². The summed E-state index contributed by atoms with van der Waals surface area (Å²) in [6, 6.07) is 0. The highest BCUT2D eigenvalue weighted by Crippen LogP contribution is 2.30. The molecular weight excluding hydrogens is 246 g/mol. The van der Waals surface area contributed by atoms with Crippen LogP contribution in [-0.4, -0.2) is 26.8 Å². The SMILES string of the molecule is CCc1nc(NC)c(C)c(Sc2cnn(C)c2)n1. The average molecular weight is 263 g/mol. The predicted molar refractivity (Wildman–Crippen MR) is 73.0 cm³/mol. The molecule has 0 bridgehead atoms. The molecular formula is C12H17N5S. The zero-order chi connectivity index (χ0) is 13.1. The topological polar surface area (TPSA) is 55.6 Å². The van der Waals surface area contributed by atoms with Crippen LogP contribution in [0, 0.1) is 6.92 Å². The quantitative estimate of drug-likeness (QED) is 0.858. The van der Waals surface area contributed by atoms with Crippen molar-refractivity contribution in [3.63, 3.8) is 0 Å². The van der Waals surface area contributed by atoms with Crippen LogP contribution in [0.2, 0.25) is 0 Å². The van der Waals surface area contributed by atoms with Crippen molar-refractivity contribution in [1.82, 2.24) is 19.7 Å². The first-order valence-electron chi connectivity index (χ1n) is 5.85. The first-order chi connectivity index (χ1) is 8.63. The number of aromatic nitrogens is 4. The first-order valence-corrected chi connectivity index (χ1v) is 6.67. The van der Waals surface area contributed by atoms with Gasteiger partial charge in [-0.15, -0.1) is 0 Å². The molecule has 5 nitrogen and oxygen atoms in total. The van der Waals surface area contributed by atoms with Crippen LogP contribution in [0.5, 0.6) is 0 Å². The molecule has 2 aromatic heterocycles. The molecule has 0 unspecified atom stereocenters. The van der Waals surface area contributed by atoms with E-state index in [-0.39, 0.29) is 0 Å². The lowest BCUT2D eigenvalue weighted by Crippen LogP contribution is -2.03. The Morgan fingerprint density at radius 3 is 2.72 bits per heavy atom. The second-order valence-electron chi connectivity index (χ2n) is 3.97. The third kappa shape index (κ3) is 2.64. The zero-order valence-electron chi connectivity index (χ0n) is 11.1. The van der Waals surface area contributed by atoms with Gasteiger partial charge in [-0.2, -0.15) is 5.10 Å². The summed E-state index contributed by atoms with van der Waals surface area (Å²) in [5, 5.41) is 8.27. The summed E-state index contributed by atoms with van der Waals surface area (Å²) in [7, 11) is 3.79. The van der Waals surface area contributed by atoms with Crippen LogP contribution in [0.3, 0.4) is 0 Å². The van der Waals surface area contributed by atoms with Crippen LogP contribution in [0.25, 0.3) is 0 Å². The van der Waals surface area contributed by atoms with Crippen molar-refractivity contribution in [2.45, 2.75) is 30.2 Å². The molecule has 18 heavy (non-hydrogen) atoms. The predicted octanol–water partition coefficient (Wildman–Crippen LogP) is 2.27. The van der Waals surface area contributed by atoms with E-state index in [2.05, 4.69) is 27.3 Å². The fourth-order valence-electron chi connectivity index (χ4n) is 1.60. The smallest absolute Gasteiger partial charge is 0.133 e. The van der Waals surface area contributed by atoms with E-state index in [0.29, 0.717) is 0 Å². The molecule has 2 rings (SSSR count). The van der Waals surface area contributed by atoms with Crippen LogP contribution in [0.4, 0.5) is 5.82 Å². The fraction of sp³-hybridized carbons (Fsp3) is 0.417. The highest BCUT2D eigenvalue weighted by Gasteiger charge is 2.11. The second kappa shape index (κ2) is 5.39. The largest absolute Gasteiger partial charge is 0.373 e. The standard InChI is InChI=1S/C12H17N5S/c1-5-10-15-11(13-3)8(2)12(16-10)18-9-6-14-17(4)7-9/h6-7H,5H2,1-4H3,(H,13,15,16). The van der Waals surface area contributed by atoms with Gasteiger partial charge in [-0.3, -0.25) is 4.68 Å². The zero-order valence-corrected chi connectivity index (χ0v) is 11.9. The number of hydrogen-bond acceptors (Lipinski definition) is 5. The minimum Gasteiger partial charge on any atom is -0.373 e. The molecule has 96 valence electrons. The Morgan fingerprint density at radius 1 is 1.39 bits per heavy atom. The molecule has 0 aliphatic heterocycles. The molecule has 0 atom stereocenters. The Labute approximate surface area is 111 Å². The van der Waals surface area contributed by atoms with Gasteiger partial charge in [0.1, 0.15) is 16.7 Å². The van der Waals surface area contributed by atoms with Gasteiger partial charge in [0.15, 0.2) is 0 Å². The van der Waals surface area contributed by atoms with E-state index >= 15 is 0 Å². The number of anilines is 1. The molecule has 0 aliphatic rings. The molecule has 0 spiro atoms. The minimum atomic E-state index is 0.829. The van der Waals surface area contributed by atoms with Gasteiger partial charge in [0.05, 0.1) is 11.1 Å². The number of nitrogens with zero attached hydrogens (tertiary/aromatic N) is 4. The summed E-state index contributed by atoms with van der Waals surface area (Å²) in [6.45, 7) is 4.09. The lowest BCUT2D eigenvalue weighted by atomic mass is 10.3. The lowest BCUT2D eigenvalue weighted by molar-refractivity contribution is 0.766. The van der Waals surface area contributed by atoms with Gasteiger partial charge in [0.25, 0.3) is 0 Å². The maximum Gasteiger partial charge on any atom is 0.133 e. The molecule has 0 fully saturated rings. The summed E-state index contributed by atoms with van der Waals surface area (Å²) in [4.78, 5) is 10.1. The third-order valence-corrected chi connectivity index (χ3v) is 3.63. The highest BCUT2D eigenvalue weighted by molar-refractivity contribution is 7.99. The molecule has 0 amide bonds. The molecule has 6 heteroatoms. The van der Waals surface area contributed by atoms with Crippen molar-refractivity contribution in [1.29, 1.82) is 0 Å². The second-order valence-corrected chi connectivity index (χ2v) is 5.04. The lowest BCUT2D eigenvalue weighted by Gasteiger charge is -2.10. The normalized spacial score (nSPS) is 10.7. The van der Waals surface area contributed by atoms with Crippen molar-refractivity contribution in [3.8, 4) is 0 Å². The summed E-state index contributed by atoms with van der Waals surface area (Å²) >= 11 is 1.62. The van der Waals surface area contributed by atoms with E-state index in [1.807, 2.05) is 33.4 Å². The van der Waals surface area contributed by atoms with Crippen molar-refractivity contribution in [2.75, 3.05) is 12.4 Å². The Hall–Kier alpha value is -1.56. The summed E-state index contributed by atoms with van der Waals surface area (Å²) in [6.07, 6.45) is 4.66. The number of rotatable bonds is 4. The van der Waals surface area contributed by atoms with Gasteiger partial charge in [-0.05, 0) is 6.92 Å². The van der Waals surface area contributed by atoms with E-state index < -0.39 is 0 Å². The third-order valence-electron chi connectivity index (χ3n) is 2.60. The molecule has 0 aromatic carbocycles. The fourth-order valence-corrected chi connectivity index (χ4v) is 2.53. The maximum absolute atomic E-state index is 4.58. The van der Waals surface area contributed by atoms with Crippen molar-refractivity contribution >= 4 is 17.6 Å². The Morgan fingerprint density at radius 2 is 2.17 bits per heavy atom. The molecule has 0 aliphatic carbocycles. The number of nitrogens with one attached hydrogen (secondary N) is 1. The van der Waals surface area contributed by atoms with E-state index in [9.17, 15) is 0 Å². The van der Waals surface area contributed by atoms with E-state index in [0.717, 1.165) is 33.5 Å². The van der Waals surface area contributed by atoms with E-state index in [1.54, 1.807) is 16.4 Å². The number of hydrogen-bond donors (Lipinski definition) is 1. The van der Waals surface area contributed by atoms with E-state index in [4.69, 9.17) is 0 Å². The van der Waals surface area contributed by atoms with Gasteiger partial charge in [-0.1, -0.05) is 18.7 Å². The number of aryl methyl sites for hydroxylation is 2. The van der Waals surface area contributed by atoms with Gasteiger partial charge >= 0.3 is 0 Å².